The predicted octanol–water partition coefficient (Wildman–Crippen LogP) is 4.12. The van der Waals surface area contributed by atoms with Gasteiger partial charge in [-0.05, 0) is 67.8 Å². The fourth-order valence-corrected chi connectivity index (χ4v) is 8.29. The number of hydrogen-bond acceptors (Lipinski definition) is 4. The quantitative estimate of drug-likeness (QED) is 0.768. The molecule has 0 N–H and O–H groups in total. The Balaban J connectivity index is 2.15. The average Bonchev–Trinajstić information content (AvgIpc) is 2.46. The van der Waals surface area contributed by atoms with Gasteiger partial charge < -0.3 is 0 Å². The van der Waals surface area contributed by atoms with Gasteiger partial charge in [0, 0.05) is 10.0 Å². The van der Waals surface area contributed by atoms with Crippen LogP contribution >= 0.6 is 23.2 Å². The summed E-state index contributed by atoms with van der Waals surface area (Å²) in [6.07, 6.45) is 0.686. The smallest absolute Gasteiger partial charge is 0.198 e. The maximum Gasteiger partial charge on any atom is 0.198 e. The third-order valence-electron chi connectivity index (χ3n) is 4.34. The first-order chi connectivity index (χ1) is 11.2. The molecule has 1 saturated carbocycles. The van der Waals surface area contributed by atoms with Crippen LogP contribution in [-0.4, -0.2) is 20.9 Å². The van der Waals surface area contributed by atoms with Crippen LogP contribution in [0.2, 0.25) is 10.0 Å². The molecular formula is C16H14Cl2O4S2. The predicted molar refractivity (Wildman–Crippen MR) is 93.9 cm³/mol. The molecule has 24 heavy (non-hydrogen) atoms. The zero-order valence-electron chi connectivity index (χ0n) is 12.4. The summed E-state index contributed by atoms with van der Waals surface area (Å²) in [4.78, 5) is -0.0757. The van der Waals surface area contributed by atoms with Gasteiger partial charge in [-0.1, -0.05) is 23.2 Å². The molecule has 4 nitrogen and oxygen atoms in total. The van der Waals surface area contributed by atoms with E-state index < -0.39 is 23.8 Å². The second-order valence-corrected chi connectivity index (χ2v) is 11.3. The van der Waals surface area contributed by atoms with Crippen molar-refractivity contribution in [2.45, 2.75) is 33.1 Å². The molecule has 3 rings (SSSR count). The minimum absolute atomic E-state index is 0.0378. The molecule has 0 unspecified atom stereocenters. The molecule has 0 spiro atoms. The van der Waals surface area contributed by atoms with Gasteiger partial charge in [0.15, 0.2) is 23.8 Å². The fourth-order valence-electron chi connectivity index (χ4n) is 2.80. The second kappa shape index (κ2) is 6.02. The largest absolute Gasteiger partial charge is 0.222 e. The van der Waals surface area contributed by atoms with Crippen LogP contribution < -0.4 is 0 Å². The summed E-state index contributed by atoms with van der Waals surface area (Å²) in [7, 11) is -8.15. The third-order valence-corrected chi connectivity index (χ3v) is 10.7. The summed E-state index contributed by atoms with van der Waals surface area (Å²) in [6, 6.07) is 11.1. The van der Waals surface area contributed by atoms with E-state index in [0.29, 0.717) is 16.5 Å². The Labute approximate surface area is 151 Å². The molecule has 0 bridgehead atoms. The minimum atomic E-state index is -4.08. The molecule has 2 aromatic carbocycles. The highest BCUT2D eigenvalue weighted by molar-refractivity contribution is 8.10. The number of benzene rings is 2. The van der Waals surface area contributed by atoms with E-state index in [1.54, 1.807) is 0 Å². The van der Waals surface area contributed by atoms with E-state index >= 15 is 0 Å². The molecule has 0 amide bonds. The van der Waals surface area contributed by atoms with Crippen LogP contribution in [0.3, 0.4) is 0 Å². The van der Waals surface area contributed by atoms with Crippen molar-refractivity contribution < 1.29 is 16.8 Å². The van der Waals surface area contributed by atoms with Crippen LogP contribution in [0.4, 0.5) is 0 Å². The molecule has 1 aliphatic carbocycles. The lowest BCUT2D eigenvalue weighted by Crippen LogP contribution is -2.51. The van der Waals surface area contributed by atoms with Crippen molar-refractivity contribution in [2.75, 3.05) is 0 Å². The van der Waals surface area contributed by atoms with Crippen molar-refractivity contribution in [2.24, 2.45) is 0 Å². The van der Waals surface area contributed by atoms with Gasteiger partial charge in [0.1, 0.15) is 0 Å². The standard InChI is InChI=1S/C16H14Cl2O4S2/c17-12-2-6-14(7-3-12)23(19,20)16(10-1-11-16)24(21,22)15-8-4-13(18)5-9-15/h2-9H,1,10-11H2. The zero-order chi connectivity index (χ0) is 17.6. The summed E-state index contributed by atoms with van der Waals surface area (Å²) in [5, 5.41) is 0.773. The molecule has 0 radical (unpaired) electrons. The van der Waals surface area contributed by atoms with Crippen LogP contribution in [0, 0.1) is 0 Å². The van der Waals surface area contributed by atoms with E-state index in [9.17, 15) is 16.8 Å². The normalized spacial score (nSPS) is 17.2. The highest BCUT2D eigenvalue weighted by Gasteiger charge is 2.59. The van der Waals surface area contributed by atoms with Crippen molar-refractivity contribution in [1.29, 1.82) is 0 Å². The minimum Gasteiger partial charge on any atom is -0.222 e. The lowest BCUT2D eigenvalue weighted by Gasteiger charge is -2.40. The Morgan fingerprint density at radius 3 is 1.25 bits per heavy atom. The van der Waals surface area contributed by atoms with Crippen LogP contribution in [-0.2, 0) is 19.7 Å². The summed E-state index contributed by atoms with van der Waals surface area (Å²) < 4.78 is 50.5. The van der Waals surface area contributed by atoms with Gasteiger partial charge in [-0.25, -0.2) is 16.8 Å². The van der Waals surface area contributed by atoms with Crippen LogP contribution in [0.15, 0.2) is 58.3 Å². The molecular weight excluding hydrogens is 391 g/mol. The van der Waals surface area contributed by atoms with E-state index in [2.05, 4.69) is 0 Å². The lowest BCUT2D eigenvalue weighted by atomic mass is 9.99. The first kappa shape index (κ1) is 17.7. The van der Waals surface area contributed by atoms with E-state index in [0.717, 1.165) is 0 Å². The molecule has 0 aromatic heterocycles. The summed E-state index contributed by atoms with van der Waals surface area (Å²) in [5.74, 6) is 0. The second-order valence-electron chi connectivity index (χ2n) is 5.68. The Morgan fingerprint density at radius 2 is 1.00 bits per heavy atom. The molecule has 1 fully saturated rings. The number of hydrogen-bond donors (Lipinski definition) is 0. The Hall–Kier alpha value is -1.08. The van der Waals surface area contributed by atoms with Gasteiger partial charge in [0.05, 0.1) is 9.79 Å². The van der Waals surface area contributed by atoms with E-state index in [4.69, 9.17) is 23.2 Å². The first-order valence-corrected chi connectivity index (χ1v) is 10.9. The Bertz CT molecular complexity index is 882. The highest BCUT2D eigenvalue weighted by Crippen LogP contribution is 2.49. The van der Waals surface area contributed by atoms with Crippen molar-refractivity contribution in [3.8, 4) is 0 Å². The van der Waals surface area contributed by atoms with Gasteiger partial charge in [-0.2, -0.15) is 0 Å². The van der Waals surface area contributed by atoms with E-state index in [-0.39, 0.29) is 22.6 Å². The van der Waals surface area contributed by atoms with Gasteiger partial charge in [0.25, 0.3) is 0 Å². The van der Waals surface area contributed by atoms with Crippen LogP contribution in [0.25, 0.3) is 0 Å². The van der Waals surface area contributed by atoms with E-state index in [1.165, 1.54) is 48.5 Å². The van der Waals surface area contributed by atoms with Gasteiger partial charge >= 0.3 is 0 Å². The summed E-state index contributed by atoms with van der Waals surface area (Å²) in [5.41, 5.74) is 0. The molecule has 0 aliphatic heterocycles. The summed E-state index contributed by atoms with van der Waals surface area (Å²) >= 11 is 11.6. The van der Waals surface area contributed by atoms with Gasteiger partial charge in [-0.3, -0.25) is 0 Å². The van der Waals surface area contributed by atoms with Crippen molar-refractivity contribution >= 4 is 42.9 Å². The number of sulfone groups is 2. The third kappa shape index (κ3) is 2.56. The maximum atomic E-state index is 13.1. The fraction of sp³-hybridized carbons (Fsp3) is 0.250. The van der Waals surface area contributed by atoms with Gasteiger partial charge in [-0.15, -0.1) is 0 Å². The van der Waals surface area contributed by atoms with Crippen LogP contribution in [0.5, 0.6) is 0 Å². The molecule has 2 aromatic rings. The number of halogens is 2. The molecule has 8 heteroatoms. The topological polar surface area (TPSA) is 68.3 Å². The number of rotatable bonds is 4. The van der Waals surface area contributed by atoms with E-state index in [1.807, 2.05) is 0 Å². The zero-order valence-corrected chi connectivity index (χ0v) is 15.6. The highest BCUT2D eigenvalue weighted by atomic mass is 35.5. The van der Waals surface area contributed by atoms with Crippen molar-refractivity contribution in [3.63, 3.8) is 0 Å². The lowest BCUT2D eigenvalue weighted by molar-refractivity contribution is 0.415. The Morgan fingerprint density at radius 1 is 0.667 bits per heavy atom. The van der Waals surface area contributed by atoms with Crippen molar-refractivity contribution in [1.82, 2.24) is 0 Å². The average molecular weight is 405 g/mol. The summed E-state index contributed by atoms with van der Waals surface area (Å²) in [6.45, 7) is 0. The molecule has 0 saturated heterocycles. The van der Waals surface area contributed by atoms with Gasteiger partial charge in [0.2, 0.25) is 0 Å². The van der Waals surface area contributed by atoms with Crippen molar-refractivity contribution in [3.05, 3.63) is 58.6 Å². The van der Waals surface area contributed by atoms with Crippen LogP contribution in [0.1, 0.15) is 19.3 Å². The molecule has 1 aliphatic rings. The maximum absolute atomic E-state index is 13.1. The first-order valence-electron chi connectivity index (χ1n) is 7.21. The Kier molecular flexibility index (Phi) is 4.45. The molecule has 128 valence electrons. The SMILES string of the molecule is O=S(=O)(c1ccc(Cl)cc1)C1(S(=O)(=O)c2ccc(Cl)cc2)CCC1. The molecule has 0 atom stereocenters. The monoisotopic (exact) mass is 404 g/mol. The molecule has 0 heterocycles.